The first-order valence-electron chi connectivity index (χ1n) is 7.14. The Kier molecular flexibility index (Phi) is 4.01. The van der Waals surface area contributed by atoms with Crippen LogP contribution in [0.3, 0.4) is 0 Å². The average Bonchev–Trinajstić information content (AvgIpc) is 3.12. The molecule has 112 valence electrons. The summed E-state index contributed by atoms with van der Waals surface area (Å²) in [5.74, 6) is 0.416. The van der Waals surface area contributed by atoms with E-state index in [-0.39, 0.29) is 5.91 Å². The van der Waals surface area contributed by atoms with Gasteiger partial charge in [0.05, 0.1) is 25.5 Å². The molecule has 1 aliphatic rings. The standard InChI is InChI=1S/C14H18N4O3/c1-2-3-9-6-10(21-18-9)7-15-14(19)13-11-8-20-5-4-12(11)16-17-13/h6H,2-5,7-8H2,1H3,(H,15,19)(H,16,17). The smallest absolute Gasteiger partial charge is 0.272 e. The Balaban J connectivity index is 1.62. The fraction of sp³-hybridized carbons (Fsp3) is 0.500. The maximum Gasteiger partial charge on any atom is 0.272 e. The third-order valence-corrected chi connectivity index (χ3v) is 3.45. The van der Waals surface area contributed by atoms with Crippen LogP contribution in [-0.2, 0) is 30.7 Å². The van der Waals surface area contributed by atoms with E-state index in [0.717, 1.165) is 36.2 Å². The molecule has 0 bridgehead atoms. The van der Waals surface area contributed by atoms with Gasteiger partial charge in [-0.05, 0) is 6.42 Å². The first kappa shape index (κ1) is 13.8. The molecule has 21 heavy (non-hydrogen) atoms. The minimum absolute atomic E-state index is 0.230. The van der Waals surface area contributed by atoms with Gasteiger partial charge in [0.15, 0.2) is 11.5 Å². The van der Waals surface area contributed by atoms with Crippen LogP contribution in [0.5, 0.6) is 0 Å². The summed E-state index contributed by atoms with van der Waals surface area (Å²) in [5.41, 5.74) is 3.14. The molecule has 0 unspecified atom stereocenters. The number of rotatable bonds is 5. The molecule has 2 N–H and O–H groups in total. The molecule has 0 aliphatic carbocycles. The molecule has 0 aromatic carbocycles. The van der Waals surface area contributed by atoms with Crippen LogP contribution in [0.25, 0.3) is 0 Å². The van der Waals surface area contributed by atoms with Crippen LogP contribution >= 0.6 is 0 Å². The van der Waals surface area contributed by atoms with Crippen molar-refractivity contribution in [3.8, 4) is 0 Å². The molecule has 0 atom stereocenters. The third kappa shape index (κ3) is 2.97. The molecule has 2 aromatic heterocycles. The molecule has 0 saturated heterocycles. The lowest BCUT2D eigenvalue weighted by molar-refractivity contribution is 0.0919. The second kappa shape index (κ2) is 6.09. The Morgan fingerprint density at radius 2 is 2.43 bits per heavy atom. The number of aryl methyl sites for hydroxylation is 1. The molecule has 7 nitrogen and oxygen atoms in total. The maximum absolute atomic E-state index is 12.2. The van der Waals surface area contributed by atoms with Crippen LogP contribution in [-0.4, -0.2) is 27.9 Å². The monoisotopic (exact) mass is 290 g/mol. The summed E-state index contributed by atoms with van der Waals surface area (Å²) in [6, 6.07) is 1.87. The summed E-state index contributed by atoms with van der Waals surface area (Å²) in [6.07, 6.45) is 2.65. The Morgan fingerprint density at radius 1 is 1.52 bits per heavy atom. The lowest BCUT2D eigenvalue weighted by atomic mass is 10.1. The van der Waals surface area contributed by atoms with E-state index in [4.69, 9.17) is 9.26 Å². The van der Waals surface area contributed by atoms with E-state index in [0.29, 0.717) is 31.2 Å². The number of carbonyl (C=O) groups excluding carboxylic acids is 1. The van der Waals surface area contributed by atoms with Gasteiger partial charge in [0.2, 0.25) is 0 Å². The van der Waals surface area contributed by atoms with E-state index in [1.807, 2.05) is 6.07 Å². The first-order valence-corrected chi connectivity index (χ1v) is 7.14. The van der Waals surface area contributed by atoms with Crippen molar-refractivity contribution in [2.75, 3.05) is 6.61 Å². The van der Waals surface area contributed by atoms with Crippen LogP contribution in [0.1, 0.15) is 46.5 Å². The van der Waals surface area contributed by atoms with Crippen LogP contribution < -0.4 is 5.32 Å². The van der Waals surface area contributed by atoms with Gasteiger partial charge in [-0.25, -0.2) is 0 Å². The van der Waals surface area contributed by atoms with Crippen molar-refractivity contribution >= 4 is 5.91 Å². The molecule has 2 aromatic rings. The lowest BCUT2D eigenvalue weighted by Gasteiger charge is -2.11. The summed E-state index contributed by atoms with van der Waals surface area (Å²) in [5, 5.41) is 13.7. The number of carbonyl (C=O) groups is 1. The number of aromatic amines is 1. The topological polar surface area (TPSA) is 93.0 Å². The molecular weight excluding hydrogens is 272 g/mol. The zero-order chi connectivity index (χ0) is 14.7. The molecule has 0 spiro atoms. The normalized spacial score (nSPS) is 14.0. The fourth-order valence-electron chi connectivity index (χ4n) is 2.36. The van der Waals surface area contributed by atoms with Crippen molar-refractivity contribution in [1.29, 1.82) is 0 Å². The van der Waals surface area contributed by atoms with Crippen molar-refractivity contribution in [2.45, 2.75) is 39.3 Å². The number of ether oxygens (including phenoxy) is 1. The molecular formula is C14H18N4O3. The SMILES string of the molecule is CCCc1cc(CNC(=O)c2n[nH]c3c2COCC3)on1. The van der Waals surface area contributed by atoms with Crippen molar-refractivity contribution in [3.63, 3.8) is 0 Å². The number of hydrogen-bond donors (Lipinski definition) is 2. The van der Waals surface area contributed by atoms with Crippen LogP contribution in [0.15, 0.2) is 10.6 Å². The molecule has 0 radical (unpaired) electrons. The molecule has 0 saturated carbocycles. The number of nitrogens with zero attached hydrogens (tertiary/aromatic N) is 2. The quantitative estimate of drug-likeness (QED) is 0.867. The minimum Gasteiger partial charge on any atom is -0.376 e. The Labute approximate surface area is 122 Å². The van der Waals surface area contributed by atoms with Crippen LogP contribution in [0.2, 0.25) is 0 Å². The van der Waals surface area contributed by atoms with E-state index in [2.05, 4.69) is 27.6 Å². The minimum atomic E-state index is -0.230. The number of nitrogens with one attached hydrogen (secondary N) is 2. The van der Waals surface area contributed by atoms with Gasteiger partial charge in [0, 0.05) is 23.7 Å². The largest absolute Gasteiger partial charge is 0.376 e. The van der Waals surface area contributed by atoms with Crippen LogP contribution in [0.4, 0.5) is 0 Å². The highest BCUT2D eigenvalue weighted by molar-refractivity contribution is 5.93. The second-order valence-corrected chi connectivity index (χ2v) is 5.05. The second-order valence-electron chi connectivity index (χ2n) is 5.05. The zero-order valence-corrected chi connectivity index (χ0v) is 11.9. The van der Waals surface area contributed by atoms with Crippen molar-refractivity contribution in [2.24, 2.45) is 0 Å². The molecule has 7 heteroatoms. The molecule has 0 fully saturated rings. The lowest BCUT2D eigenvalue weighted by Crippen LogP contribution is -2.25. The third-order valence-electron chi connectivity index (χ3n) is 3.45. The highest BCUT2D eigenvalue weighted by atomic mass is 16.5. The van der Waals surface area contributed by atoms with E-state index in [9.17, 15) is 4.79 Å². The first-order chi connectivity index (χ1) is 10.3. The average molecular weight is 290 g/mol. The number of aromatic nitrogens is 3. The maximum atomic E-state index is 12.2. The van der Waals surface area contributed by atoms with Gasteiger partial charge in [-0.1, -0.05) is 18.5 Å². The van der Waals surface area contributed by atoms with Gasteiger partial charge < -0.3 is 14.6 Å². The number of fused-ring (bicyclic) bond motifs is 1. The van der Waals surface area contributed by atoms with Crippen molar-refractivity contribution < 1.29 is 14.1 Å². The Hall–Kier alpha value is -2.15. The summed E-state index contributed by atoms with van der Waals surface area (Å²) >= 11 is 0. The molecule has 1 amide bonds. The summed E-state index contributed by atoms with van der Waals surface area (Å²) in [4.78, 5) is 12.2. The Morgan fingerprint density at radius 3 is 3.29 bits per heavy atom. The van der Waals surface area contributed by atoms with Gasteiger partial charge in [-0.15, -0.1) is 0 Å². The predicted octanol–water partition coefficient (Wildman–Crippen LogP) is 1.35. The van der Waals surface area contributed by atoms with E-state index in [1.54, 1.807) is 0 Å². The van der Waals surface area contributed by atoms with Crippen LogP contribution in [0, 0.1) is 0 Å². The van der Waals surface area contributed by atoms with Gasteiger partial charge in [-0.2, -0.15) is 5.10 Å². The summed E-state index contributed by atoms with van der Waals surface area (Å²) in [6.45, 7) is 3.48. The molecule has 3 rings (SSSR count). The summed E-state index contributed by atoms with van der Waals surface area (Å²) < 4.78 is 10.5. The number of amides is 1. The zero-order valence-electron chi connectivity index (χ0n) is 11.9. The van der Waals surface area contributed by atoms with Gasteiger partial charge in [-0.3, -0.25) is 9.89 Å². The van der Waals surface area contributed by atoms with Gasteiger partial charge >= 0.3 is 0 Å². The molecule has 3 heterocycles. The van der Waals surface area contributed by atoms with Crippen molar-refractivity contribution in [3.05, 3.63) is 34.5 Å². The van der Waals surface area contributed by atoms with E-state index < -0.39 is 0 Å². The molecule has 1 aliphatic heterocycles. The fourth-order valence-corrected chi connectivity index (χ4v) is 2.36. The van der Waals surface area contributed by atoms with E-state index in [1.165, 1.54) is 0 Å². The number of hydrogen-bond acceptors (Lipinski definition) is 5. The highest BCUT2D eigenvalue weighted by Crippen LogP contribution is 2.18. The van der Waals surface area contributed by atoms with Gasteiger partial charge in [0.1, 0.15) is 0 Å². The highest BCUT2D eigenvalue weighted by Gasteiger charge is 2.22. The summed E-state index contributed by atoms with van der Waals surface area (Å²) in [7, 11) is 0. The predicted molar refractivity (Wildman–Crippen MR) is 73.6 cm³/mol. The number of H-pyrrole nitrogens is 1. The van der Waals surface area contributed by atoms with Gasteiger partial charge in [0.25, 0.3) is 5.91 Å². The Bertz CT molecular complexity index is 632. The van der Waals surface area contributed by atoms with Crippen molar-refractivity contribution in [1.82, 2.24) is 20.7 Å². The van der Waals surface area contributed by atoms with E-state index >= 15 is 0 Å².